The molecule has 1 rings (SSSR count). The molecule has 3 unspecified atom stereocenters. The molecule has 12 nitrogen and oxygen atoms in total. The van der Waals surface area contributed by atoms with Gasteiger partial charge in [-0.25, -0.2) is 4.79 Å². The fourth-order valence-electron chi connectivity index (χ4n) is 3.16. The Kier molecular flexibility index (Phi) is 10.8. The van der Waals surface area contributed by atoms with Gasteiger partial charge >= 0.3 is 11.9 Å². The van der Waals surface area contributed by atoms with E-state index >= 15 is 0 Å². The third kappa shape index (κ3) is 8.33. The third-order valence-corrected chi connectivity index (χ3v) is 4.86. The number of nitrogens with zero attached hydrogens (tertiary/aromatic N) is 1. The summed E-state index contributed by atoms with van der Waals surface area (Å²) in [6.45, 7) is 0.291. The van der Waals surface area contributed by atoms with Crippen molar-refractivity contribution in [1.82, 2.24) is 15.5 Å². The van der Waals surface area contributed by atoms with Crippen molar-refractivity contribution in [2.45, 2.75) is 63.1 Å². The lowest BCUT2D eigenvalue weighted by Crippen LogP contribution is -2.53. The molecule has 170 valence electrons. The minimum absolute atomic E-state index is 0.182. The highest BCUT2D eigenvalue weighted by molar-refractivity contribution is 5.93. The summed E-state index contributed by atoms with van der Waals surface area (Å²) in [5.41, 5.74) is 11.2. The zero-order valence-corrected chi connectivity index (χ0v) is 16.8. The monoisotopic (exact) mass is 429 g/mol. The molecule has 8 N–H and O–H groups in total. The lowest BCUT2D eigenvalue weighted by Gasteiger charge is -2.23. The molecule has 0 bridgehead atoms. The Labute approximate surface area is 174 Å². The van der Waals surface area contributed by atoms with Crippen LogP contribution in [0.5, 0.6) is 0 Å². The van der Waals surface area contributed by atoms with Crippen LogP contribution in [0.3, 0.4) is 0 Å². The fraction of sp³-hybridized carbons (Fsp3) is 0.722. The van der Waals surface area contributed by atoms with E-state index in [2.05, 4.69) is 10.6 Å². The molecule has 30 heavy (non-hydrogen) atoms. The molecule has 0 spiro atoms. The Morgan fingerprint density at radius 3 is 2.37 bits per heavy atom. The van der Waals surface area contributed by atoms with E-state index in [1.165, 1.54) is 4.90 Å². The van der Waals surface area contributed by atoms with Gasteiger partial charge in [-0.3, -0.25) is 19.2 Å². The number of rotatable bonds is 13. The number of aliphatic carboxylic acids is 2. The van der Waals surface area contributed by atoms with Gasteiger partial charge in [-0.15, -0.1) is 0 Å². The Bertz CT molecular complexity index is 642. The first-order valence-corrected chi connectivity index (χ1v) is 9.95. The average molecular weight is 429 g/mol. The standard InChI is InChI=1S/C18H31N5O7/c19-8-2-1-4-11(20)16(27)22-12(6-7-15(25)26)17(28)21-10-14(24)23-9-3-5-13(23)18(29)30/h11-13H,1-10,19-20H2,(H,21,28)(H,22,27)(H,25,26)(H,29,30). The van der Waals surface area contributed by atoms with Gasteiger partial charge < -0.3 is 37.2 Å². The first-order chi connectivity index (χ1) is 14.2. The molecule has 0 aliphatic carbocycles. The third-order valence-electron chi connectivity index (χ3n) is 4.86. The predicted molar refractivity (Wildman–Crippen MR) is 105 cm³/mol. The van der Waals surface area contributed by atoms with Gasteiger partial charge in [0.2, 0.25) is 17.7 Å². The van der Waals surface area contributed by atoms with Crippen molar-refractivity contribution in [3.05, 3.63) is 0 Å². The highest BCUT2D eigenvalue weighted by atomic mass is 16.4. The molecule has 1 saturated heterocycles. The number of hydrogen-bond acceptors (Lipinski definition) is 7. The molecule has 0 aromatic rings. The van der Waals surface area contributed by atoms with Gasteiger partial charge in [-0.05, 0) is 38.6 Å². The molecule has 0 aromatic heterocycles. The minimum Gasteiger partial charge on any atom is -0.481 e. The van der Waals surface area contributed by atoms with Crippen molar-refractivity contribution in [1.29, 1.82) is 0 Å². The summed E-state index contributed by atoms with van der Waals surface area (Å²) in [5, 5.41) is 22.8. The van der Waals surface area contributed by atoms with Crippen LogP contribution in [0.2, 0.25) is 0 Å². The second-order valence-corrected chi connectivity index (χ2v) is 7.19. The fourth-order valence-corrected chi connectivity index (χ4v) is 3.16. The van der Waals surface area contributed by atoms with Crippen LogP contribution in [0.15, 0.2) is 0 Å². The topological polar surface area (TPSA) is 205 Å². The van der Waals surface area contributed by atoms with Gasteiger partial charge in [0.25, 0.3) is 0 Å². The SMILES string of the molecule is NCCCCC(N)C(=O)NC(CCC(=O)O)C(=O)NCC(=O)N1CCCC1C(=O)O. The molecule has 3 atom stereocenters. The molecule has 1 aliphatic heterocycles. The van der Waals surface area contributed by atoms with Crippen LogP contribution >= 0.6 is 0 Å². The molecule has 12 heteroatoms. The van der Waals surface area contributed by atoms with Crippen LogP contribution in [0, 0.1) is 0 Å². The number of unbranched alkanes of at least 4 members (excludes halogenated alkanes) is 1. The Morgan fingerprint density at radius 1 is 1.07 bits per heavy atom. The molecule has 1 aliphatic rings. The quantitative estimate of drug-likeness (QED) is 0.178. The number of carbonyl (C=O) groups excluding carboxylic acids is 3. The van der Waals surface area contributed by atoms with Gasteiger partial charge in [0, 0.05) is 13.0 Å². The Hall–Kier alpha value is -2.73. The Balaban J connectivity index is 2.64. The molecule has 0 aromatic carbocycles. The van der Waals surface area contributed by atoms with E-state index in [9.17, 15) is 24.0 Å². The predicted octanol–water partition coefficient (Wildman–Crippen LogP) is -2.02. The van der Waals surface area contributed by atoms with Crippen molar-refractivity contribution in [2.75, 3.05) is 19.6 Å². The number of amides is 3. The summed E-state index contributed by atoms with van der Waals surface area (Å²) in [4.78, 5) is 60.2. The first-order valence-electron chi connectivity index (χ1n) is 9.95. The van der Waals surface area contributed by atoms with Gasteiger partial charge in [-0.1, -0.05) is 6.42 Å². The summed E-state index contributed by atoms with van der Waals surface area (Å²) in [6, 6.07) is -2.99. The maximum Gasteiger partial charge on any atom is 0.326 e. The van der Waals surface area contributed by atoms with Crippen molar-refractivity contribution < 1.29 is 34.2 Å². The van der Waals surface area contributed by atoms with Crippen molar-refractivity contribution in [3.8, 4) is 0 Å². The number of carbonyl (C=O) groups is 5. The zero-order chi connectivity index (χ0) is 22.7. The summed E-state index contributed by atoms with van der Waals surface area (Å²) < 4.78 is 0. The van der Waals surface area contributed by atoms with E-state index in [0.717, 1.165) is 0 Å². The van der Waals surface area contributed by atoms with E-state index in [4.69, 9.17) is 21.7 Å². The normalized spacial score (nSPS) is 17.8. The van der Waals surface area contributed by atoms with Crippen molar-refractivity contribution in [2.24, 2.45) is 11.5 Å². The number of carboxylic acids is 2. The highest BCUT2D eigenvalue weighted by Crippen LogP contribution is 2.17. The molecule has 1 fully saturated rings. The van der Waals surface area contributed by atoms with Crippen LogP contribution in [0.1, 0.15) is 44.9 Å². The maximum atomic E-state index is 12.4. The second-order valence-electron chi connectivity index (χ2n) is 7.19. The molecular formula is C18H31N5O7. The maximum absolute atomic E-state index is 12.4. The van der Waals surface area contributed by atoms with Crippen molar-refractivity contribution in [3.63, 3.8) is 0 Å². The van der Waals surface area contributed by atoms with Gasteiger partial charge in [0.1, 0.15) is 12.1 Å². The van der Waals surface area contributed by atoms with Crippen LogP contribution in [-0.2, 0) is 24.0 Å². The van der Waals surface area contributed by atoms with Gasteiger partial charge in [0.05, 0.1) is 12.6 Å². The highest BCUT2D eigenvalue weighted by Gasteiger charge is 2.34. The van der Waals surface area contributed by atoms with E-state index in [1.807, 2.05) is 0 Å². The number of hydrogen-bond donors (Lipinski definition) is 6. The van der Waals surface area contributed by atoms with Crippen LogP contribution in [-0.4, -0.2) is 82.5 Å². The van der Waals surface area contributed by atoms with Gasteiger partial charge in [-0.2, -0.15) is 0 Å². The molecule has 0 radical (unpaired) electrons. The second kappa shape index (κ2) is 12.8. The molecule has 1 heterocycles. The summed E-state index contributed by atoms with van der Waals surface area (Å²) in [7, 11) is 0. The van der Waals surface area contributed by atoms with Crippen LogP contribution < -0.4 is 22.1 Å². The average Bonchev–Trinajstić information content (AvgIpc) is 3.19. The number of nitrogens with two attached hydrogens (primary N) is 2. The van der Waals surface area contributed by atoms with Crippen molar-refractivity contribution >= 4 is 29.7 Å². The van der Waals surface area contributed by atoms with Gasteiger partial charge in [0.15, 0.2) is 0 Å². The zero-order valence-electron chi connectivity index (χ0n) is 16.8. The smallest absolute Gasteiger partial charge is 0.326 e. The lowest BCUT2D eigenvalue weighted by atomic mass is 10.1. The summed E-state index contributed by atoms with van der Waals surface area (Å²) >= 11 is 0. The molecule has 3 amide bonds. The van der Waals surface area contributed by atoms with E-state index in [1.54, 1.807) is 0 Å². The largest absolute Gasteiger partial charge is 0.481 e. The lowest BCUT2D eigenvalue weighted by molar-refractivity contribution is -0.148. The van der Waals surface area contributed by atoms with Crippen LogP contribution in [0.25, 0.3) is 0 Å². The molecular weight excluding hydrogens is 398 g/mol. The summed E-state index contributed by atoms with van der Waals surface area (Å²) in [6.07, 6.45) is 2.02. The number of likely N-dealkylation sites (tertiary alicyclic amines) is 1. The van der Waals surface area contributed by atoms with E-state index in [-0.39, 0.29) is 19.4 Å². The first kappa shape index (κ1) is 25.3. The number of nitrogens with one attached hydrogen (secondary N) is 2. The van der Waals surface area contributed by atoms with E-state index < -0.39 is 54.3 Å². The summed E-state index contributed by atoms with van der Waals surface area (Å²) in [5.74, 6) is -4.16. The minimum atomic E-state index is -1.18. The molecule has 0 saturated carbocycles. The number of carboxylic acid groups (broad SMARTS) is 2. The Morgan fingerprint density at radius 2 is 1.77 bits per heavy atom. The van der Waals surface area contributed by atoms with Crippen LogP contribution in [0.4, 0.5) is 0 Å². The van der Waals surface area contributed by atoms with E-state index in [0.29, 0.717) is 38.6 Å².